The largest absolute Gasteiger partial charge is 0.507 e. The number of nitrogens with two attached hydrogens (primary N) is 1. The second kappa shape index (κ2) is 6.93. The smallest absolute Gasteiger partial charge is 0.249 e. The Labute approximate surface area is 125 Å². The van der Waals surface area contributed by atoms with E-state index in [0.717, 1.165) is 36.8 Å². The molecule has 0 radical (unpaired) electrons. The van der Waals surface area contributed by atoms with Gasteiger partial charge in [-0.15, -0.1) is 0 Å². The van der Waals surface area contributed by atoms with Crippen molar-refractivity contribution in [2.24, 2.45) is 5.73 Å². The zero-order valence-corrected chi connectivity index (χ0v) is 12.3. The molecule has 0 spiro atoms. The van der Waals surface area contributed by atoms with E-state index < -0.39 is 5.91 Å². The first kappa shape index (κ1) is 15.1. The quantitative estimate of drug-likeness (QED) is 0.790. The highest BCUT2D eigenvalue weighted by molar-refractivity contribution is 6.01. The molecule has 2 aromatic carbocycles. The Morgan fingerprint density at radius 1 is 1.10 bits per heavy atom. The van der Waals surface area contributed by atoms with E-state index in [1.165, 1.54) is 0 Å². The zero-order chi connectivity index (χ0) is 15.2. The molecule has 3 nitrogen and oxygen atoms in total. The summed E-state index contributed by atoms with van der Waals surface area (Å²) in [6.07, 6.45) is 4.21. The van der Waals surface area contributed by atoms with E-state index in [4.69, 9.17) is 5.73 Å². The van der Waals surface area contributed by atoms with Gasteiger partial charge in [0.25, 0.3) is 0 Å². The number of aromatic hydroxyl groups is 1. The van der Waals surface area contributed by atoms with Crippen LogP contribution in [0.1, 0.15) is 42.1 Å². The van der Waals surface area contributed by atoms with Crippen molar-refractivity contribution in [1.82, 2.24) is 0 Å². The van der Waals surface area contributed by atoms with Gasteiger partial charge in [-0.1, -0.05) is 50.1 Å². The molecule has 2 aromatic rings. The van der Waals surface area contributed by atoms with E-state index in [9.17, 15) is 9.90 Å². The van der Waals surface area contributed by atoms with Gasteiger partial charge in [-0.3, -0.25) is 4.79 Å². The Morgan fingerprint density at radius 2 is 1.86 bits per heavy atom. The number of amides is 1. The van der Waals surface area contributed by atoms with Gasteiger partial charge in [0, 0.05) is 16.7 Å². The molecule has 3 N–H and O–H groups in total. The van der Waals surface area contributed by atoms with Crippen molar-refractivity contribution >= 4 is 5.91 Å². The molecule has 2 rings (SSSR count). The third-order valence-corrected chi connectivity index (χ3v) is 3.64. The van der Waals surface area contributed by atoms with Crippen LogP contribution in [-0.2, 0) is 6.42 Å². The summed E-state index contributed by atoms with van der Waals surface area (Å²) in [6, 6.07) is 12.6. The molecule has 3 heteroatoms. The normalized spacial score (nSPS) is 10.5. The molecule has 0 aliphatic heterocycles. The molecule has 110 valence electrons. The number of phenols is 1. The van der Waals surface area contributed by atoms with E-state index in [1.807, 2.05) is 24.3 Å². The highest BCUT2D eigenvalue weighted by Crippen LogP contribution is 2.34. The van der Waals surface area contributed by atoms with Gasteiger partial charge in [0.15, 0.2) is 0 Å². The Kier molecular flexibility index (Phi) is 4.99. The van der Waals surface area contributed by atoms with E-state index in [2.05, 4.69) is 6.92 Å². The maximum absolute atomic E-state index is 11.7. The minimum absolute atomic E-state index is 0.169. The number of carbonyl (C=O) groups excluding carboxylic acids is 1. The molecule has 0 aliphatic rings. The van der Waals surface area contributed by atoms with Crippen molar-refractivity contribution in [3.05, 3.63) is 53.6 Å². The predicted octanol–water partition coefficient (Wildman–Crippen LogP) is 3.89. The fourth-order valence-corrected chi connectivity index (χ4v) is 2.58. The number of para-hydroxylation sites is 1. The van der Waals surface area contributed by atoms with Gasteiger partial charge in [-0.05, 0) is 30.5 Å². The van der Waals surface area contributed by atoms with Crippen molar-refractivity contribution in [3.8, 4) is 16.9 Å². The van der Waals surface area contributed by atoms with Gasteiger partial charge in [-0.25, -0.2) is 0 Å². The van der Waals surface area contributed by atoms with Crippen LogP contribution >= 0.6 is 0 Å². The van der Waals surface area contributed by atoms with Gasteiger partial charge in [0.05, 0.1) is 0 Å². The lowest BCUT2D eigenvalue weighted by atomic mass is 9.91. The average Bonchev–Trinajstić information content (AvgIpc) is 2.48. The zero-order valence-electron chi connectivity index (χ0n) is 12.3. The summed E-state index contributed by atoms with van der Waals surface area (Å²) < 4.78 is 0. The molecule has 0 saturated carbocycles. The standard InChI is InChI=1S/C18H21NO2/c1-2-3-4-8-13-9-7-11-15(18(19)21)17(13)14-10-5-6-12-16(14)20/h5-7,9-12,20H,2-4,8H2,1H3,(H2,19,21). The summed E-state index contributed by atoms with van der Waals surface area (Å²) in [5.41, 5.74) is 8.45. The number of primary amides is 1. The molecular formula is C18H21NO2. The van der Waals surface area contributed by atoms with E-state index in [1.54, 1.807) is 18.2 Å². The van der Waals surface area contributed by atoms with Crippen molar-refractivity contribution in [3.63, 3.8) is 0 Å². The highest BCUT2D eigenvalue weighted by Gasteiger charge is 2.16. The second-order valence-corrected chi connectivity index (χ2v) is 5.18. The van der Waals surface area contributed by atoms with Crippen molar-refractivity contribution in [2.45, 2.75) is 32.6 Å². The number of hydrogen-bond acceptors (Lipinski definition) is 2. The fraction of sp³-hybridized carbons (Fsp3) is 0.278. The summed E-state index contributed by atoms with van der Waals surface area (Å²) in [4.78, 5) is 11.7. The van der Waals surface area contributed by atoms with Gasteiger partial charge in [0.2, 0.25) is 5.91 Å². The fourth-order valence-electron chi connectivity index (χ4n) is 2.58. The Morgan fingerprint density at radius 3 is 2.52 bits per heavy atom. The molecule has 0 aliphatic carbocycles. The number of rotatable bonds is 6. The summed E-state index contributed by atoms with van der Waals surface area (Å²) in [6.45, 7) is 2.16. The molecule has 0 heterocycles. The Hall–Kier alpha value is -2.29. The van der Waals surface area contributed by atoms with Gasteiger partial charge in [-0.2, -0.15) is 0 Å². The van der Waals surface area contributed by atoms with Crippen molar-refractivity contribution in [1.29, 1.82) is 0 Å². The highest BCUT2D eigenvalue weighted by atomic mass is 16.3. The van der Waals surface area contributed by atoms with Crippen LogP contribution in [0, 0.1) is 0 Å². The predicted molar refractivity (Wildman–Crippen MR) is 85.3 cm³/mol. The summed E-state index contributed by atoms with van der Waals surface area (Å²) in [5.74, 6) is -0.298. The molecule has 0 unspecified atom stereocenters. The molecule has 1 amide bonds. The average molecular weight is 283 g/mol. The monoisotopic (exact) mass is 283 g/mol. The SMILES string of the molecule is CCCCCc1cccc(C(N)=O)c1-c1ccccc1O. The van der Waals surface area contributed by atoms with Crippen molar-refractivity contribution < 1.29 is 9.90 Å². The van der Waals surface area contributed by atoms with Crippen LogP contribution in [0.15, 0.2) is 42.5 Å². The lowest BCUT2D eigenvalue weighted by Gasteiger charge is -2.14. The number of hydrogen-bond donors (Lipinski definition) is 2. The van der Waals surface area contributed by atoms with Crippen LogP contribution in [0.25, 0.3) is 11.1 Å². The van der Waals surface area contributed by atoms with Gasteiger partial charge in [0.1, 0.15) is 5.75 Å². The minimum Gasteiger partial charge on any atom is -0.507 e. The Bertz CT molecular complexity index is 635. The molecule has 21 heavy (non-hydrogen) atoms. The minimum atomic E-state index is -0.467. The lowest BCUT2D eigenvalue weighted by Crippen LogP contribution is -2.13. The molecule has 0 bridgehead atoms. The molecule has 0 aromatic heterocycles. The molecule has 0 saturated heterocycles. The number of benzene rings is 2. The summed E-state index contributed by atoms with van der Waals surface area (Å²) in [5, 5.41) is 10.1. The molecule has 0 fully saturated rings. The third kappa shape index (κ3) is 3.43. The summed E-state index contributed by atoms with van der Waals surface area (Å²) >= 11 is 0. The first-order valence-electron chi connectivity index (χ1n) is 7.35. The summed E-state index contributed by atoms with van der Waals surface area (Å²) in [7, 11) is 0. The maximum Gasteiger partial charge on any atom is 0.249 e. The third-order valence-electron chi connectivity index (χ3n) is 3.64. The number of phenolic OH excluding ortho intramolecular Hbond substituents is 1. The number of carbonyl (C=O) groups is 1. The van der Waals surface area contributed by atoms with Gasteiger partial charge < -0.3 is 10.8 Å². The van der Waals surface area contributed by atoms with Crippen LogP contribution in [-0.4, -0.2) is 11.0 Å². The Balaban J connectivity index is 2.54. The first-order chi connectivity index (χ1) is 10.1. The van der Waals surface area contributed by atoms with Crippen LogP contribution in [0.2, 0.25) is 0 Å². The topological polar surface area (TPSA) is 63.3 Å². The number of aryl methyl sites for hydroxylation is 1. The first-order valence-corrected chi connectivity index (χ1v) is 7.35. The van der Waals surface area contributed by atoms with Crippen LogP contribution in [0.4, 0.5) is 0 Å². The second-order valence-electron chi connectivity index (χ2n) is 5.18. The number of unbranched alkanes of at least 4 members (excludes halogenated alkanes) is 2. The van der Waals surface area contributed by atoms with E-state index in [-0.39, 0.29) is 5.75 Å². The van der Waals surface area contributed by atoms with Crippen LogP contribution in [0.5, 0.6) is 5.75 Å². The van der Waals surface area contributed by atoms with Gasteiger partial charge >= 0.3 is 0 Å². The maximum atomic E-state index is 11.7. The van der Waals surface area contributed by atoms with Crippen molar-refractivity contribution in [2.75, 3.05) is 0 Å². The molecular weight excluding hydrogens is 262 g/mol. The molecule has 0 atom stereocenters. The van der Waals surface area contributed by atoms with E-state index in [0.29, 0.717) is 11.1 Å². The van der Waals surface area contributed by atoms with Crippen LogP contribution in [0.3, 0.4) is 0 Å². The van der Waals surface area contributed by atoms with E-state index >= 15 is 0 Å². The lowest BCUT2D eigenvalue weighted by molar-refractivity contribution is 0.100. The van der Waals surface area contributed by atoms with Crippen LogP contribution < -0.4 is 5.73 Å².